The number of amidine groups is 1. The van der Waals surface area contributed by atoms with E-state index < -0.39 is 0 Å². The Morgan fingerprint density at radius 3 is 2.57 bits per heavy atom. The highest BCUT2D eigenvalue weighted by Gasteiger charge is 2.29. The van der Waals surface area contributed by atoms with Gasteiger partial charge >= 0.3 is 0 Å². The fourth-order valence-corrected chi connectivity index (χ4v) is 2.15. The van der Waals surface area contributed by atoms with E-state index in [9.17, 15) is 0 Å². The van der Waals surface area contributed by atoms with Crippen LogP contribution >= 0.6 is 0 Å². The zero-order valence-corrected chi connectivity index (χ0v) is 10.1. The van der Waals surface area contributed by atoms with Gasteiger partial charge in [-0.25, -0.2) is 0 Å². The van der Waals surface area contributed by atoms with E-state index in [1.54, 1.807) is 0 Å². The van der Waals surface area contributed by atoms with Crippen molar-refractivity contribution in [3.63, 3.8) is 0 Å². The van der Waals surface area contributed by atoms with Crippen molar-refractivity contribution in [2.75, 3.05) is 13.1 Å². The van der Waals surface area contributed by atoms with Crippen LogP contribution in [0.1, 0.15) is 47.0 Å². The van der Waals surface area contributed by atoms with Crippen molar-refractivity contribution in [2.45, 2.75) is 47.0 Å². The summed E-state index contributed by atoms with van der Waals surface area (Å²) in [6.07, 6.45) is 3.89. The smallest absolute Gasteiger partial charge is 0.101 e. The third-order valence-electron chi connectivity index (χ3n) is 3.01. The van der Waals surface area contributed by atoms with E-state index in [1.807, 2.05) is 0 Å². The standard InChI is InChI=1S/C12H24N2/c1-5-6-10-7-8-14(9-10)11(13)12(2,3)4/h10,13H,5-9H2,1-4H3. The van der Waals surface area contributed by atoms with Gasteiger partial charge in [-0.1, -0.05) is 34.1 Å². The van der Waals surface area contributed by atoms with Gasteiger partial charge < -0.3 is 4.90 Å². The normalized spacial score (nSPS) is 22.9. The van der Waals surface area contributed by atoms with Crippen LogP contribution in [-0.4, -0.2) is 23.8 Å². The molecular weight excluding hydrogens is 172 g/mol. The van der Waals surface area contributed by atoms with Gasteiger partial charge in [-0.05, 0) is 18.8 Å². The summed E-state index contributed by atoms with van der Waals surface area (Å²) < 4.78 is 0. The molecule has 1 N–H and O–H groups in total. The van der Waals surface area contributed by atoms with Crippen LogP contribution < -0.4 is 0 Å². The highest BCUT2D eigenvalue weighted by Crippen LogP contribution is 2.26. The fourth-order valence-electron chi connectivity index (χ4n) is 2.15. The molecule has 1 aliphatic heterocycles. The van der Waals surface area contributed by atoms with Crippen molar-refractivity contribution < 1.29 is 0 Å². The molecule has 0 aromatic rings. The third kappa shape index (κ3) is 2.73. The van der Waals surface area contributed by atoms with Crippen molar-refractivity contribution in [2.24, 2.45) is 11.3 Å². The van der Waals surface area contributed by atoms with Crippen LogP contribution in [-0.2, 0) is 0 Å². The molecule has 2 nitrogen and oxygen atoms in total. The van der Waals surface area contributed by atoms with Crippen LogP contribution in [0.3, 0.4) is 0 Å². The molecule has 82 valence electrons. The van der Waals surface area contributed by atoms with Gasteiger partial charge in [0, 0.05) is 18.5 Å². The first-order chi connectivity index (χ1) is 6.45. The van der Waals surface area contributed by atoms with Gasteiger partial charge in [0.25, 0.3) is 0 Å². The summed E-state index contributed by atoms with van der Waals surface area (Å²) in [6.45, 7) is 10.8. The van der Waals surface area contributed by atoms with Crippen LogP contribution in [0.5, 0.6) is 0 Å². The molecule has 1 atom stereocenters. The Hall–Kier alpha value is -0.530. The summed E-state index contributed by atoms with van der Waals surface area (Å²) >= 11 is 0. The Balaban J connectivity index is 2.46. The van der Waals surface area contributed by atoms with Crippen molar-refractivity contribution in [1.82, 2.24) is 4.90 Å². The van der Waals surface area contributed by atoms with Gasteiger partial charge in [-0.2, -0.15) is 0 Å². The molecule has 0 saturated carbocycles. The molecule has 2 heteroatoms. The van der Waals surface area contributed by atoms with E-state index in [0.29, 0.717) is 0 Å². The Morgan fingerprint density at radius 1 is 1.43 bits per heavy atom. The highest BCUT2D eigenvalue weighted by atomic mass is 15.2. The maximum absolute atomic E-state index is 8.09. The minimum absolute atomic E-state index is 0.0150. The summed E-state index contributed by atoms with van der Waals surface area (Å²) in [6, 6.07) is 0. The highest BCUT2D eigenvalue weighted by molar-refractivity contribution is 5.84. The number of hydrogen-bond donors (Lipinski definition) is 1. The van der Waals surface area contributed by atoms with Gasteiger partial charge in [0.15, 0.2) is 0 Å². The molecule has 0 bridgehead atoms. The van der Waals surface area contributed by atoms with Crippen LogP contribution in [0.15, 0.2) is 0 Å². The van der Waals surface area contributed by atoms with Crippen molar-refractivity contribution >= 4 is 5.84 Å². The Labute approximate surface area is 88.2 Å². The molecule has 1 fully saturated rings. The summed E-state index contributed by atoms with van der Waals surface area (Å²) in [7, 11) is 0. The second-order valence-corrected chi connectivity index (χ2v) is 5.49. The first-order valence-electron chi connectivity index (χ1n) is 5.79. The van der Waals surface area contributed by atoms with Crippen molar-refractivity contribution in [1.29, 1.82) is 5.41 Å². The fraction of sp³-hybridized carbons (Fsp3) is 0.917. The lowest BCUT2D eigenvalue weighted by atomic mass is 9.94. The Kier molecular flexibility index (Phi) is 3.57. The molecule has 1 heterocycles. The maximum Gasteiger partial charge on any atom is 0.101 e. The number of hydrogen-bond acceptors (Lipinski definition) is 1. The summed E-state index contributed by atoms with van der Waals surface area (Å²) in [5.41, 5.74) is 0.0150. The van der Waals surface area contributed by atoms with Gasteiger partial charge in [0.2, 0.25) is 0 Å². The van der Waals surface area contributed by atoms with E-state index in [0.717, 1.165) is 24.8 Å². The Morgan fingerprint density at radius 2 is 2.07 bits per heavy atom. The van der Waals surface area contributed by atoms with Crippen LogP contribution in [0, 0.1) is 16.7 Å². The predicted octanol–water partition coefficient (Wildman–Crippen LogP) is 3.13. The first-order valence-corrected chi connectivity index (χ1v) is 5.79. The topological polar surface area (TPSA) is 27.1 Å². The quantitative estimate of drug-likeness (QED) is 0.533. The average molecular weight is 196 g/mol. The molecule has 0 spiro atoms. The molecule has 1 rings (SSSR count). The predicted molar refractivity (Wildman–Crippen MR) is 61.8 cm³/mol. The van der Waals surface area contributed by atoms with Gasteiger partial charge in [-0.15, -0.1) is 0 Å². The summed E-state index contributed by atoms with van der Waals surface area (Å²) in [5.74, 6) is 1.65. The maximum atomic E-state index is 8.09. The zero-order chi connectivity index (χ0) is 10.8. The lowest BCUT2D eigenvalue weighted by Crippen LogP contribution is -2.37. The minimum atomic E-state index is 0.0150. The molecule has 0 amide bonds. The van der Waals surface area contributed by atoms with Crippen molar-refractivity contribution in [3.8, 4) is 0 Å². The molecular formula is C12H24N2. The monoisotopic (exact) mass is 196 g/mol. The Bertz CT molecular complexity index is 203. The van der Waals surface area contributed by atoms with Gasteiger partial charge in [0.1, 0.15) is 5.84 Å². The van der Waals surface area contributed by atoms with Crippen LogP contribution in [0.4, 0.5) is 0 Å². The zero-order valence-electron chi connectivity index (χ0n) is 10.1. The van der Waals surface area contributed by atoms with E-state index in [2.05, 4.69) is 32.6 Å². The largest absolute Gasteiger partial charge is 0.360 e. The minimum Gasteiger partial charge on any atom is -0.360 e. The van der Waals surface area contributed by atoms with Gasteiger partial charge in [-0.3, -0.25) is 5.41 Å². The number of nitrogens with one attached hydrogen (secondary N) is 1. The number of likely N-dealkylation sites (tertiary alicyclic amines) is 1. The lowest BCUT2D eigenvalue weighted by molar-refractivity contribution is 0.404. The molecule has 1 unspecified atom stereocenters. The van der Waals surface area contributed by atoms with Gasteiger partial charge in [0.05, 0.1) is 0 Å². The molecule has 0 aromatic heterocycles. The summed E-state index contributed by atoms with van der Waals surface area (Å²) in [4.78, 5) is 2.26. The van der Waals surface area contributed by atoms with E-state index >= 15 is 0 Å². The van der Waals surface area contributed by atoms with Crippen LogP contribution in [0.2, 0.25) is 0 Å². The van der Waals surface area contributed by atoms with E-state index in [1.165, 1.54) is 19.3 Å². The van der Waals surface area contributed by atoms with Crippen molar-refractivity contribution in [3.05, 3.63) is 0 Å². The first kappa shape index (κ1) is 11.5. The molecule has 14 heavy (non-hydrogen) atoms. The molecule has 1 saturated heterocycles. The molecule has 0 aliphatic carbocycles. The SMILES string of the molecule is CCCC1CCN(C(=N)C(C)(C)C)C1. The second-order valence-electron chi connectivity index (χ2n) is 5.49. The lowest BCUT2D eigenvalue weighted by Gasteiger charge is -2.29. The van der Waals surface area contributed by atoms with Crippen LogP contribution in [0.25, 0.3) is 0 Å². The molecule has 1 aliphatic rings. The summed E-state index contributed by atoms with van der Waals surface area (Å²) in [5, 5.41) is 8.09. The average Bonchev–Trinajstić information content (AvgIpc) is 2.50. The molecule has 0 radical (unpaired) electrons. The molecule has 0 aromatic carbocycles. The van der Waals surface area contributed by atoms with E-state index in [4.69, 9.17) is 5.41 Å². The third-order valence-corrected chi connectivity index (χ3v) is 3.01. The number of nitrogens with zero attached hydrogens (tertiary/aromatic N) is 1. The van der Waals surface area contributed by atoms with E-state index in [-0.39, 0.29) is 5.41 Å². The second kappa shape index (κ2) is 4.33. The number of rotatable bonds is 2.